The Morgan fingerprint density at radius 2 is 1.10 bits per heavy atom. The van der Waals surface area contributed by atoms with E-state index in [1.165, 1.54) is 6.82 Å². The number of aryl methyl sites for hydroxylation is 1. The van der Waals surface area contributed by atoms with Crippen molar-refractivity contribution in [1.82, 2.24) is 19.9 Å². The molecule has 0 amide bonds. The van der Waals surface area contributed by atoms with E-state index in [2.05, 4.69) is 41.2 Å². The number of anilines is 2. The molecule has 0 unspecified atom stereocenters. The summed E-state index contributed by atoms with van der Waals surface area (Å²) in [5.41, 5.74) is 2.98. The first-order valence-corrected chi connectivity index (χ1v) is 14.5. The molecule has 4 rings (SSSR count). The van der Waals surface area contributed by atoms with E-state index in [4.69, 9.17) is 33.2 Å². The predicted molar refractivity (Wildman–Crippen MR) is 183 cm³/mol. The predicted octanol–water partition coefficient (Wildman–Crippen LogP) is 6.91. The Bertz CT molecular complexity index is 1120. The van der Waals surface area contributed by atoms with Crippen LogP contribution in [-0.4, -0.2) is 82.1 Å². The summed E-state index contributed by atoms with van der Waals surface area (Å²) in [6, 6.07) is 0. The zero-order valence-electron chi connectivity index (χ0n) is 23.4. The second-order valence-corrected chi connectivity index (χ2v) is 10.2. The number of fused-ring (bicyclic) bond motifs is 2. The summed E-state index contributed by atoms with van der Waals surface area (Å²) >= 11 is 18.4. The summed E-state index contributed by atoms with van der Waals surface area (Å²) in [5, 5.41) is 19.9. The summed E-state index contributed by atoms with van der Waals surface area (Å²) in [7, 11) is 6.61. The zero-order chi connectivity index (χ0) is 28.2. The Morgan fingerprint density at radius 3 is 1.49 bits per heavy atom. The smallest absolute Gasteiger partial charge is 0.427 e. The first-order chi connectivity index (χ1) is 16.9. The van der Waals surface area contributed by atoms with E-state index in [-0.39, 0.29) is 29.5 Å². The summed E-state index contributed by atoms with van der Waals surface area (Å²) in [6.45, 7) is 11.3. The van der Waals surface area contributed by atoms with Crippen molar-refractivity contribution in [2.24, 2.45) is 0 Å². The van der Waals surface area contributed by atoms with Crippen LogP contribution in [-0.2, 0) is 0 Å². The van der Waals surface area contributed by atoms with Gasteiger partial charge >= 0.3 is 7.12 Å². The summed E-state index contributed by atoms with van der Waals surface area (Å²) in [4.78, 5) is 20.7. The molecule has 39 heavy (non-hydrogen) atoms. The lowest BCUT2D eigenvalue weighted by atomic mass is 9.99. The van der Waals surface area contributed by atoms with Gasteiger partial charge in [-0.25, -0.2) is 9.97 Å². The lowest BCUT2D eigenvalue weighted by Crippen LogP contribution is -2.11. The van der Waals surface area contributed by atoms with Crippen LogP contribution in [0.3, 0.4) is 0 Å². The Labute approximate surface area is 264 Å². The third-order valence-corrected chi connectivity index (χ3v) is 7.02. The largest absolute Gasteiger partial charge is 0.448 e. The summed E-state index contributed by atoms with van der Waals surface area (Å²) < 4.78 is 3.10. The molecule has 2 N–H and O–H groups in total. The van der Waals surface area contributed by atoms with Crippen LogP contribution in [0.5, 0.6) is 0 Å². The molecule has 16 heteroatoms. The van der Waals surface area contributed by atoms with Gasteiger partial charge in [-0.2, -0.15) is 9.97 Å². The van der Waals surface area contributed by atoms with Crippen LogP contribution in [0.15, 0.2) is 15.2 Å². The van der Waals surface area contributed by atoms with Crippen molar-refractivity contribution in [2.45, 2.75) is 48.9 Å². The highest BCUT2D eigenvalue weighted by molar-refractivity contribution is 9.10. The molecule has 0 aliphatic heterocycles. The molecular formula is C23H38B3BrCl2N6O2S2. The van der Waals surface area contributed by atoms with Crippen LogP contribution in [0.25, 0.3) is 20.4 Å². The van der Waals surface area contributed by atoms with Crippen molar-refractivity contribution in [3.8, 4) is 0 Å². The van der Waals surface area contributed by atoms with Crippen molar-refractivity contribution in [1.29, 1.82) is 0 Å². The maximum Gasteiger partial charge on any atom is 0.448 e. The van der Waals surface area contributed by atoms with E-state index >= 15 is 0 Å². The van der Waals surface area contributed by atoms with Gasteiger partial charge in [-0.05, 0) is 63.8 Å². The number of aromatic nitrogens is 4. The molecular weight excluding hydrogens is 640 g/mol. The minimum absolute atomic E-state index is 0. The van der Waals surface area contributed by atoms with Crippen molar-refractivity contribution in [3.63, 3.8) is 0 Å². The fourth-order valence-corrected chi connectivity index (χ4v) is 5.47. The maximum atomic E-state index is 7.61. The standard InChI is InChI=1S/C9H10ClN3S.C8H7BrClN3S.2C2H6.CH5BO2.CH4.2B/c1-5-4-14-7-6(5)11-9(10)12-8(7)13(2)3;1-13(2)7-6-5(4(9)3-14-6)11-8(10)12-7;2*1-2;1-2(3)4;;;/h4H,1-3H3;3H,1-2H3;2*1-2H3;3-4H,1H3;1H4;;. The molecule has 6 radical (unpaired) electrons. The van der Waals surface area contributed by atoms with E-state index in [9.17, 15) is 0 Å². The first-order valence-electron chi connectivity index (χ1n) is 11.1. The third-order valence-electron chi connectivity index (χ3n) is 3.72. The number of thiophene rings is 2. The van der Waals surface area contributed by atoms with Crippen molar-refractivity contribution >= 4 is 118 Å². The number of hydrogen-bond donors (Lipinski definition) is 2. The zero-order valence-corrected chi connectivity index (χ0v) is 28.1. The lowest BCUT2D eigenvalue weighted by Gasteiger charge is -2.11. The molecule has 4 aromatic heterocycles. The second-order valence-electron chi connectivity index (χ2n) is 6.91. The first kappa shape index (κ1) is 44.9. The molecule has 0 bridgehead atoms. The van der Waals surface area contributed by atoms with Crippen LogP contribution in [0.4, 0.5) is 11.6 Å². The van der Waals surface area contributed by atoms with Gasteiger partial charge in [-0.15, -0.1) is 22.7 Å². The number of hydrogen-bond acceptors (Lipinski definition) is 10. The van der Waals surface area contributed by atoms with Crippen LogP contribution in [0, 0.1) is 6.92 Å². The fraction of sp³-hybridized carbons (Fsp3) is 0.478. The van der Waals surface area contributed by atoms with Gasteiger partial charge in [0.05, 0.1) is 19.4 Å². The molecule has 0 aliphatic rings. The van der Waals surface area contributed by atoms with E-state index in [1.807, 2.05) is 78.0 Å². The SMILES string of the molecule is C.CB(O)O.CC.CC.CN(C)c1nc(Cl)nc2c(Br)csc12.Cc1csc2c(N(C)C)nc(Cl)nc12.[B].[B]. The Morgan fingerprint density at radius 1 is 0.769 bits per heavy atom. The molecule has 214 valence electrons. The molecule has 0 fully saturated rings. The highest BCUT2D eigenvalue weighted by Gasteiger charge is 2.13. The van der Waals surface area contributed by atoms with Gasteiger partial charge < -0.3 is 19.8 Å². The van der Waals surface area contributed by atoms with E-state index < -0.39 is 7.12 Å². The van der Waals surface area contributed by atoms with Crippen LogP contribution < -0.4 is 9.80 Å². The highest BCUT2D eigenvalue weighted by atomic mass is 79.9. The van der Waals surface area contributed by atoms with Gasteiger partial charge in [0, 0.05) is 50.4 Å². The average Bonchev–Trinajstić information content (AvgIpc) is 3.38. The van der Waals surface area contributed by atoms with Gasteiger partial charge in [-0.3, -0.25) is 0 Å². The molecule has 4 aromatic rings. The quantitative estimate of drug-likeness (QED) is 0.175. The van der Waals surface area contributed by atoms with E-state index in [0.29, 0.717) is 5.28 Å². The Kier molecular flexibility index (Phi) is 25.9. The van der Waals surface area contributed by atoms with Crippen LogP contribution >= 0.6 is 61.8 Å². The van der Waals surface area contributed by atoms with Gasteiger partial charge in [-0.1, -0.05) is 35.1 Å². The molecule has 0 saturated heterocycles. The number of rotatable bonds is 2. The number of halogens is 3. The molecule has 0 saturated carbocycles. The normalized spacial score (nSPS) is 8.79. The van der Waals surface area contributed by atoms with E-state index in [1.54, 1.807) is 22.7 Å². The Hall–Kier alpha value is -1.15. The number of nitrogens with zero attached hydrogens (tertiary/aromatic N) is 6. The van der Waals surface area contributed by atoms with Gasteiger partial charge in [0.25, 0.3) is 0 Å². The lowest BCUT2D eigenvalue weighted by molar-refractivity contribution is 0.417. The summed E-state index contributed by atoms with van der Waals surface area (Å²) in [5.74, 6) is 1.74. The van der Waals surface area contributed by atoms with Crippen molar-refractivity contribution < 1.29 is 10.0 Å². The van der Waals surface area contributed by atoms with Crippen LogP contribution in [0.2, 0.25) is 17.4 Å². The molecule has 0 spiro atoms. The van der Waals surface area contributed by atoms with Gasteiger partial charge in [0.1, 0.15) is 5.52 Å². The topological polar surface area (TPSA) is 98.5 Å². The molecule has 0 aromatic carbocycles. The maximum absolute atomic E-state index is 7.61. The fourth-order valence-electron chi connectivity index (χ4n) is 2.45. The molecule has 8 nitrogen and oxygen atoms in total. The minimum atomic E-state index is -1.17. The highest BCUT2D eigenvalue weighted by Crippen LogP contribution is 2.35. The Balaban J connectivity index is -0.000000234. The van der Waals surface area contributed by atoms with Crippen molar-refractivity contribution in [3.05, 3.63) is 31.4 Å². The molecule has 4 heterocycles. The van der Waals surface area contributed by atoms with E-state index in [0.717, 1.165) is 42.1 Å². The monoisotopic (exact) mass is 676 g/mol. The van der Waals surface area contributed by atoms with Crippen LogP contribution in [0.1, 0.15) is 40.7 Å². The molecule has 0 atom stereocenters. The minimum Gasteiger partial charge on any atom is -0.427 e. The summed E-state index contributed by atoms with van der Waals surface area (Å²) in [6.07, 6.45) is 0. The molecule has 0 aliphatic carbocycles. The average molecular weight is 678 g/mol. The van der Waals surface area contributed by atoms with Crippen molar-refractivity contribution in [2.75, 3.05) is 38.0 Å². The second kappa shape index (κ2) is 22.5. The van der Waals surface area contributed by atoms with Gasteiger partial charge in [0.15, 0.2) is 11.6 Å². The van der Waals surface area contributed by atoms with Gasteiger partial charge in [0.2, 0.25) is 10.6 Å². The third kappa shape index (κ3) is 13.9.